The van der Waals surface area contributed by atoms with Crippen LogP contribution in [0.1, 0.15) is 31.4 Å². The van der Waals surface area contributed by atoms with Crippen LogP contribution in [0.5, 0.6) is 5.75 Å². The van der Waals surface area contributed by atoms with Crippen molar-refractivity contribution in [1.29, 1.82) is 0 Å². The normalized spacial score (nSPS) is 12.8. The molecule has 0 aliphatic carbocycles. The molecular weight excluding hydrogens is 260 g/mol. The van der Waals surface area contributed by atoms with Gasteiger partial charge in [-0.25, -0.2) is 0 Å². The number of ether oxygens (including phenoxy) is 1. The molecule has 114 valence electrons. The van der Waals surface area contributed by atoms with Crippen molar-refractivity contribution in [3.05, 3.63) is 42.0 Å². The first-order valence-electron chi connectivity index (χ1n) is 7.68. The molecule has 0 aliphatic heterocycles. The summed E-state index contributed by atoms with van der Waals surface area (Å²) in [4.78, 5) is 2.36. The van der Waals surface area contributed by atoms with E-state index in [1.165, 1.54) is 23.8 Å². The zero-order valence-electron chi connectivity index (χ0n) is 13.3. The Labute approximate surface area is 127 Å². The summed E-state index contributed by atoms with van der Waals surface area (Å²) in [6.07, 6.45) is 2.39. The fourth-order valence-electron chi connectivity index (χ4n) is 2.87. The molecule has 0 spiro atoms. The molecule has 1 atom stereocenters. The average molecular weight is 286 g/mol. The molecule has 0 heterocycles. The Morgan fingerprint density at radius 2 is 1.86 bits per heavy atom. The molecule has 0 radical (unpaired) electrons. The number of nitrogens with zero attached hydrogens (tertiary/aromatic N) is 1. The van der Waals surface area contributed by atoms with Gasteiger partial charge in [-0.3, -0.25) is 4.90 Å². The summed E-state index contributed by atoms with van der Waals surface area (Å²) in [5.74, 6) is 0.918. The van der Waals surface area contributed by atoms with E-state index in [1.807, 2.05) is 12.1 Å². The maximum absolute atomic E-state index is 6.07. The summed E-state index contributed by atoms with van der Waals surface area (Å²) in [7, 11) is 3.88. The molecule has 0 saturated heterocycles. The van der Waals surface area contributed by atoms with Gasteiger partial charge in [0.05, 0.1) is 7.11 Å². The Balaban J connectivity index is 2.44. The molecule has 3 heteroatoms. The minimum absolute atomic E-state index is 0.243. The highest BCUT2D eigenvalue weighted by Gasteiger charge is 2.18. The lowest BCUT2D eigenvalue weighted by molar-refractivity contribution is 0.248. The van der Waals surface area contributed by atoms with Gasteiger partial charge in [0.15, 0.2) is 0 Å². The van der Waals surface area contributed by atoms with Gasteiger partial charge in [0, 0.05) is 18.0 Å². The van der Waals surface area contributed by atoms with E-state index in [4.69, 9.17) is 10.5 Å². The van der Waals surface area contributed by atoms with Gasteiger partial charge in [0.25, 0.3) is 0 Å². The largest absolute Gasteiger partial charge is 0.496 e. The maximum Gasteiger partial charge on any atom is 0.126 e. The molecule has 0 saturated carbocycles. The van der Waals surface area contributed by atoms with Crippen LogP contribution in [0.3, 0.4) is 0 Å². The molecule has 21 heavy (non-hydrogen) atoms. The lowest BCUT2D eigenvalue weighted by Gasteiger charge is -2.28. The van der Waals surface area contributed by atoms with Crippen LogP contribution in [0.15, 0.2) is 36.4 Å². The third kappa shape index (κ3) is 3.36. The van der Waals surface area contributed by atoms with Gasteiger partial charge in [-0.15, -0.1) is 0 Å². The zero-order valence-corrected chi connectivity index (χ0v) is 13.3. The fraction of sp³-hybridized carbons (Fsp3) is 0.444. The van der Waals surface area contributed by atoms with Crippen molar-refractivity contribution < 1.29 is 4.74 Å². The van der Waals surface area contributed by atoms with E-state index in [2.05, 4.69) is 43.1 Å². The van der Waals surface area contributed by atoms with Gasteiger partial charge in [-0.1, -0.05) is 43.7 Å². The molecular formula is C18H26N2O. The summed E-state index contributed by atoms with van der Waals surface area (Å²) in [5.41, 5.74) is 7.35. The Morgan fingerprint density at radius 3 is 2.48 bits per heavy atom. The van der Waals surface area contributed by atoms with Gasteiger partial charge in [0.2, 0.25) is 0 Å². The van der Waals surface area contributed by atoms with E-state index in [-0.39, 0.29) is 6.04 Å². The molecule has 0 bridgehead atoms. The quantitative estimate of drug-likeness (QED) is 0.845. The van der Waals surface area contributed by atoms with Crippen LogP contribution in [0.2, 0.25) is 0 Å². The standard InChI is InChI=1S/C18H26N2O/c1-4-5-12-20(2)17(13-19)15-10-11-18(21-3)16-9-7-6-8-14(15)16/h6-11,17H,4-5,12-13,19H2,1-3H3. The summed E-state index contributed by atoms with van der Waals surface area (Å²) in [5, 5.41) is 2.38. The third-order valence-corrected chi connectivity index (χ3v) is 4.12. The van der Waals surface area contributed by atoms with Crippen molar-refractivity contribution in [1.82, 2.24) is 4.90 Å². The Morgan fingerprint density at radius 1 is 1.14 bits per heavy atom. The summed E-state index contributed by atoms with van der Waals surface area (Å²) in [6, 6.07) is 12.8. The molecule has 2 N–H and O–H groups in total. The number of methoxy groups -OCH3 is 1. The fourth-order valence-corrected chi connectivity index (χ4v) is 2.87. The minimum Gasteiger partial charge on any atom is -0.496 e. The van der Waals surface area contributed by atoms with Gasteiger partial charge in [0.1, 0.15) is 5.75 Å². The second-order valence-electron chi connectivity index (χ2n) is 5.49. The van der Waals surface area contributed by atoms with Gasteiger partial charge < -0.3 is 10.5 Å². The average Bonchev–Trinajstić information content (AvgIpc) is 2.53. The highest BCUT2D eigenvalue weighted by atomic mass is 16.5. The van der Waals surface area contributed by atoms with Crippen molar-refractivity contribution in [2.24, 2.45) is 5.73 Å². The number of fused-ring (bicyclic) bond motifs is 1. The Bertz CT molecular complexity index is 582. The first kappa shape index (κ1) is 15.8. The van der Waals surface area contributed by atoms with Crippen molar-refractivity contribution in [2.45, 2.75) is 25.8 Å². The topological polar surface area (TPSA) is 38.5 Å². The van der Waals surface area contributed by atoms with E-state index in [0.717, 1.165) is 17.7 Å². The number of benzene rings is 2. The third-order valence-electron chi connectivity index (χ3n) is 4.12. The Hall–Kier alpha value is -1.58. The van der Waals surface area contributed by atoms with Gasteiger partial charge in [-0.05, 0) is 37.0 Å². The number of rotatable bonds is 7. The second kappa shape index (κ2) is 7.43. The summed E-state index contributed by atoms with van der Waals surface area (Å²) < 4.78 is 5.48. The Kier molecular flexibility index (Phi) is 5.59. The van der Waals surface area contributed by atoms with Gasteiger partial charge in [-0.2, -0.15) is 0 Å². The number of hydrogen-bond acceptors (Lipinski definition) is 3. The summed E-state index contributed by atoms with van der Waals surface area (Å²) >= 11 is 0. The van der Waals surface area contributed by atoms with Crippen LogP contribution >= 0.6 is 0 Å². The predicted molar refractivity (Wildman–Crippen MR) is 89.8 cm³/mol. The first-order valence-corrected chi connectivity index (χ1v) is 7.68. The van der Waals surface area contributed by atoms with Crippen LogP contribution in [-0.4, -0.2) is 32.1 Å². The lowest BCUT2D eigenvalue weighted by atomic mass is 9.97. The van der Waals surface area contributed by atoms with Crippen molar-refractivity contribution in [3.63, 3.8) is 0 Å². The molecule has 2 aromatic carbocycles. The predicted octanol–water partition coefficient (Wildman–Crippen LogP) is 3.58. The number of unbranched alkanes of at least 4 members (excludes halogenated alkanes) is 1. The molecule has 3 nitrogen and oxygen atoms in total. The monoisotopic (exact) mass is 286 g/mol. The van der Waals surface area contributed by atoms with E-state index in [9.17, 15) is 0 Å². The van der Waals surface area contributed by atoms with Crippen LogP contribution in [0, 0.1) is 0 Å². The molecule has 0 aromatic heterocycles. The van der Waals surface area contributed by atoms with E-state index in [0.29, 0.717) is 6.54 Å². The summed E-state index contributed by atoms with van der Waals surface area (Å²) in [6.45, 7) is 3.91. The highest BCUT2D eigenvalue weighted by Crippen LogP contribution is 2.33. The molecule has 2 aromatic rings. The molecule has 1 unspecified atom stereocenters. The minimum atomic E-state index is 0.243. The van der Waals surface area contributed by atoms with E-state index in [1.54, 1.807) is 7.11 Å². The van der Waals surface area contributed by atoms with Gasteiger partial charge >= 0.3 is 0 Å². The molecule has 2 rings (SSSR count). The van der Waals surface area contributed by atoms with Crippen molar-refractivity contribution >= 4 is 10.8 Å². The number of hydrogen-bond donors (Lipinski definition) is 1. The van der Waals surface area contributed by atoms with Crippen LogP contribution < -0.4 is 10.5 Å². The highest BCUT2D eigenvalue weighted by molar-refractivity contribution is 5.91. The maximum atomic E-state index is 6.07. The SMILES string of the molecule is CCCCN(C)C(CN)c1ccc(OC)c2ccccc12. The van der Waals surface area contributed by atoms with E-state index < -0.39 is 0 Å². The van der Waals surface area contributed by atoms with E-state index >= 15 is 0 Å². The molecule has 0 amide bonds. The number of nitrogens with two attached hydrogens (primary N) is 1. The number of likely N-dealkylation sites (N-methyl/N-ethyl adjacent to an activating group) is 1. The molecule has 0 fully saturated rings. The smallest absolute Gasteiger partial charge is 0.126 e. The van der Waals surface area contributed by atoms with Crippen molar-refractivity contribution in [3.8, 4) is 5.75 Å². The van der Waals surface area contributed by atoms with Crippen LogP contribution in [-0.2, 0) is 0 Å². The molecule has 0 aliphatic rings. The van der Waals surface area contributed by atoms with Crippen LogP contribution in [0.25, 0.3) is 10.8 Å². The van der Waals surface area contributed by atoms with Crippen LogP contribution in [0.4, 0.5) is 0 Å². The second-order valence-corrected chi connectivity index (χ2v) is 5.49. The zero-order chi connectivity index (χ0) is 15.2. The first-order chi connectivity index (χ1) is 10.2. The van der Waals surface area contributed by atoms with Crippen molar-refractivity contribution in [2.75, 3.05) is 27.2 Å². The lowest BCUT2D eigenvalue weighted by Crippen LogP contribution is -2.31.